The van der Waals surface area contributed by atoms with E-state index in [4.69, 9.17) is 0 Å². The minimum absolute atomic E-state index is 0.185. The molecule has 142 valence electrons. The van der Waals surface area contributed by atoms with Gasteiger partial charge in [0.25, 0.3) is 5.91 Å². The summed E-state index contributed by atoms with van der Waals surface area (Å²) < 4.78 is 0. The fourth-order valence-electron chi connectivity index (χ4n) is 2.53. The normalized spacial score (nSPS) is 11.6. The third-order valence-electron chi connectivity index (χ3n) is 4.04. The van der Waals surface area contributed by atoms with Crippen LogP contribution in [0.25, 0.3) is 0 Å². The largest absolute Gasteiger partial charge is 0.347 e. The van der Waals surface area contributed by atoms with Crippen LogP contribution in [-0.4, -0.2) is 24.3 Å². The summed E-state index contributed by atoms with van der Waals surface area (Å²) in [4.78, 5) is 35.9. The second-order valence-electron chi connectivity index (χ2n) is 6.59. The smallest absolute Gasteiger partial charge is 0.251 e. The maximum atomic E-state index is 12.8. The molecule has 0 saturated heterocycles. The lowest BCUT2D eigenvalue weighted by Gasteiger charge is -2.19. The monoisotopic (exact) mass is 367 g/mol. The molecule has 1 atom stereocenters. The molecule has 0 aromatic heterocycles. The Kier molecular flexibility index (Phi) is 7.11. The summed E-state index contributed by atoms with van der Waals surface area (Å²) in [6.07, 6.45) is 0. The van der Waals surface area contributed by atoms with Gasteiger partial charge in [0.2, 0.25) is 11.8 Å². The highest BCUT2D eigenvalue weighted by atomic mass is 16.2. The van der Waals surface area contributed by atoms with E-state index >= 15 is 0 Å². The molecule has 0 aliphatic rings. The molecule has 0 spiro atoms. The Hall–Kier alpha value is -3.15. The summed E-state index contributed by atoms with van der Waals surface area (Å²) in [5.41, 5.74) is 2.49. The zero-order chi connectivity index (χ0) is 19.8. The molecule has 0 bridgehead atoms. The lowest BCUT2D eigenvalue weighted by Crippen LogP contribution is -2.42. The van der Waals surface area contributed by atoms with E-state index < -0.39 is 11.9 Å². The van der Waals surface area contributed by atoms with E-state index in [2.05, 4.69) is 29.8 Å². The molecule has 27 heavy (non-hydrogen) atoms. The first kappa shape index (κ1) is 20.2. The van der Waals surface area contributed by atoms with E-state index in [0.29, 0.717) is 17.2 Å². The van der Waals surface area contributed by atoms with Gasteiger partial charge in [-0.05, 0) is 29.2 Å². The fourth-order valence-corrected chi connectivity index (χ4v) is 2.53. The van der Waals surface area contributed by atoms with Crippen LogP contribution in [0.3, 0.4) is 0 Å². The molecule has 0 radical (unpaired) electrons. The van der Waals surface area contributed by atoms with Gasteiger partial charge in [-0.1, -0.05) is 56.3 Å². The number of hydrogen-bond acceptors (Lipinski definition) is 3. The number of carbonyl (C=O) groups excluding carboxylic acids is 3. The molecular weight excluding hydrogens is 342 g/mol. The minimum atomic E-state index is -0.864. The Morgan fingerprint density at radius 1 is 0.889 bits per heavy atom. The van der Waals surface area contributed by atoms with Crippen LogP contribution in [0.2, 0.25) is 0 Å². The molecule has 3 amide bonds. The summed E-state index contributed by atoms with van der Waals surface area (Å²) in [5, 5.41) is 7.93. The van der Waals surface area contributed by atoms with Crippen molar-refractivity contribution in [3.8, 4) is 0 Å². The van der Waals surface area contributed by atoms with E-state index in [-0.39, 0.29) is 18.4 Å². The van der Waals surface area contributed by atoms with Gasteiger partial charge in [0, 0.05) is 12.6 Å². The third-order valence-corrected chi connectivity index (χ3v) is 4.04. The first-order valence-electron chi connectivity index (χ1n) is 8.86. The SMILES string of the molecule is CC(=O)NCC(=O)NC(C(=O)Nc1ccc(C(C)C)cc1)c1ccccc1. The van der Waals surface area contributed by atoms with Gasteiger partial charge in [-0.15, -0.1) is 0 Å². The van der Waals surface area contributed by atoms with Crippen molar-refractivity contribution in [2.24, 2.45) is 0 Å². The molecule has 2 aromatic rings. The second kappa shape index (κ2) is 9.52. The summed E-state index contributed by atoms with van der Waals surface area (Å²) in [6, 6.07) is 15.7. The summed E-state index contributed by atoms with van der Waals surface area (Å²) in [7, 11) is 0. The van der Waals surface area contributed by atoms with Gasteiger partial charge in [0.1, 0.15) is 6.04 Å². The average Bonchev–Trinajstić information content (AvgIpc) is 2.65. The Morgan fingerprint density at radius 3 is 2.07 bits per heavy atom. The maximum absolute atomic E-state index is 12.8. The molecule has 6 nitrogen and oxygen atoms in total. The number of amides is 3. The van der Waals surface area contributed by atoms with Gasteiger partial charge in [-0.3, -0.25) is 14.4 Å². The van der Waals surface area contributed by atoms with E-state index in [1.165, 1.54) is 12.5 Å². The van der Waals surface area contributed by atoms with Crippen molar-refractivity contribution in [1.29, 1.82) is 0 Å². The average molecular weight is 367 g/mol. The second-order valence-corrected chi connectivity index (χ2v) is 6.59. The van der Waals surface area contributed by atoms with Crippen LogP contribution in [0.4, 0.5) is 5.69 Å². The number of carbonyl (C=O) groups is 3. The Labute approximate surface area is 159 Å². The Morgan fingerprint density at radius 2 is 1.52 bits per heavy atom. The van der Waals surface area contributed by atoms with Crippen LogP contribution in [0, 0.1) is 0 Å². The van der Waals surface area contributed by atoms with Gasteiger partial charge in [-0.2, -0.15) is 0 Å². The molecule has 0 saturated carbocycles. The van der Waals surface area contributed by atoms with E-state index in [9.17, 15) is 14.4 Å². The molecule has 2 aromatic carbocycles. The minimum Gasteiger partial charge on any atom is -0.347 e. The Bertz CT molecular complexity index is 786. The summed E-state index contributed by atoms with van der Waals surface area (Å²) in [5.74, 6) is -0.699. The molecule has 3 N–H and O–H groups in total. The van der Waals surface area contributed by atoms with Gasteiger partial charge < -0.3 is 16.0 Å². The molecule has 1 unspecified atom stereocenters. The predicted molar refractivity (Wildman–Crippen MR) is 105 cm³/mol. The maximum Gasteiger partial charge on any atom is 0.251 e. The zero-order valence-corrected chi connectivity index (χ0v) is 15.8. The van der Waals surface area contributed by atoms with Gasteiger partial charge >= 0.3 is 0 Å². The quantitative estimate of drug-likeness (QED) is 0.703. The van der Waals surface area contributed by atoms with Crippen LogP contribution >= 0.6 is 0 Å². The van der Waals surface area contributed by atoms with Gasteiger partial charge in [0.15, 0.2) is 0 Å². The fraction of sp³-hybridized carbons (Fsp3) is 0.286. The van der Waals surface area contributed by atoms with E-state index in [0.717, 1.165) is 0 Å². The highest BCUT2D eigenvalue weighted by Gasteiger charge is 2.22. The zero-order valence-electron chi connectivity index (χ0n) is 15.8. The van der Waals surface area contributed by atoms with Gasteiger partial charge in [-0.25, -0.2) is 0 Å². The van der Waals surface area contributed by atoms with Gasteiger partial charge in [0.05, 0.1) is 6.54 Å². The molecule has 0 aliphatic heterocycles. The molecule has 2 rings (SSSR count). The van der Waals surface area contributed by atoms with Crippen LogP contribution in [0.15, 0.2) is 54.6 Å². The number of hydrogen-bond donors (Lipinski definition) is 3. The highest BCUT2D eigenvalue weighted by molar-refractivity contribution is 5.98. The summed E-state index contributed by atoms with van der Waals surface area (Å²) in [6.45, 7) is 5.35. The first-order chi connectivity index (χ1) is 12.9. The van der Waals surface area contributed by atoms with Crippen molar-refractivity contribution in [2.75, 3.05) is 11.9 Å². The lowest BCUT2D eigenvalue weighted by molar-refractivity contribution is -0.127. The number of nitrogens with one attached hydrogen (secondary N) is 3. The molecule has 0 heterocycles. The van der Waals surface area contributed by atoms with E-state index in [1.807, 2.05) is 30.3 Å². The standard InChI is InChI=1S/C21H25N3O3/c1-14(2)16-9-11-18(12-10-16)23-21(27)20(17-7-5-4-6-8-17)24-19(26)13-22-15(3)25/h4-12,14,20H,13H2,1-3H3,(H,22,25)(H,23,27)(H,24,26). The number of anilines is 1. The highest BCUT2D eigenvalue weighted by Crippen LogP contribution is 2.19. The molecule has 0 aliphatic carbocycles. The van der Waals surface area contributed by atoms with Crippen LogP contribution < -0.4 is 16.0 Å². The van der Waals surface area contributed by atoms with E-state index in [1.54, 1.807) is 24.3 Å². The van der Waals surface area contributed by atoms with Crippen molar-refractivity contribution in [1.82, 2.24) is 10.6 Å². The Balaban J connectivity index is 2.13. The van der Waals surface area contributed by atoms with Crippen molar-refractivity contribution >= 4 is 23.4 Å². The molecule has 0 fully saturated rings. The van der Waals surface area contributed by atoms with Crippen molar-refractivity contribution in [2.45, 2.75) is 32.7 Å². The van der Waals surface area contributed by atoms with Crippen LogP contribution in [0.1, 0.15) is 43.9 Å². The van der Waals surface area contributed by atoms with Crippen LogP contribution in [0.5, 0.6) is 0 Å². The summed E-state index contributed by atoms with van der Waals surface area (Å²) >= 11 is 0. The molecule has 6 heteroatoms. The van der Waals surface area contributed by atoms with Crippen molar-refractivity contribution < 1.29 is 14.4 Å². The lowest BCUT2D eigenvalue weighted by atomic mass is 10.0. The number of rotatable bonds is 7. The topological polar surface area (TPSA) is 87.3 Å². The predicted octanol–water partition coefficient (Wildman–Crippen LogP) is 2.74. The molecular formula is C21H25N3O3. The van der Waals surface area contributed by atoms with Crippen LogP contribution in [-0.2, 0) is 14.4 Å². The third kappa shape index (κ3) is 6.26. The first-order valence-corrected chi connectivity index (χ1v) is 8.86. The van der Waals surface area contributed by atoms with Crippen molar-refractivity contribution in [3.05, 3.63) is 65.7 Å². The number of benzene rings is 2. The van der Waals surface area contributed by atoms with Crippen molar-refractivity contribution in [3.63, 3.8) is 0 Å².